The van der Waals surface area contributed by atoms with Gasteiger partial charge in [-0.15, -0.1) is 0 Å². The van der Waals surface area contributed by atoms with E-state index in [1.807, 2.05) is 48.5 Å². The predicted molar refractivity (Wildman–Crippen MR) is 123 cm³/mol. The molecule has 33 heavy (non-hydrogen) atoms. The van der Waals surface area contributed by atoms with Gasteiger partial charge in [0, 0.05) is 18.9 Å². The second-order valence-corrected chi connectivity index (χ2v) is 8.85. The molecule has 1 aliphatic rings. The van der Waals surface area contributed by atoms with Gasteiger partial charge in [0.05, 0.1) is 6.61 Å². The van der Waals surface area contributed by atoms with Crippen molar-refractivity contribution in [2.24, 2.45) is 0 Å². The van der Waals surface area contributed by atoms with Gasteiger partial charge in [-0.2, -0.15) is 0 Å². The molecule has 2 aromatic carbocycles. The number of hydrogen-bond donors (Lipinski definition) is 3. The van der Waals surface area contributed by atoms with Crippen molar-refractivity contribution in [1.29, 1.82) is 0 Å². The maximum Gasteiger partial charge on any atom is 0.408 e. The molecular formula is C25H30N2O6. The van der Waals surface area contributed by atoms with Crippen molar-refractivity contribution in [2.45, 2.75) is 44.8 Å². The predicted octanol–water partition coefficient (Wildman–Crippen LogP) is 3.37. The molecular weight excluding hydrogens is 424 g/mol. The van der Waals surface area contributed by atoms with E-state index < -0.39 is 29.6 Å². The van der Waals surface area contributed by atoms with E-state index in [4.69, 9.17) is 14.6 Å². The largest absolute Gasteiger partial charge is 0.449 e. The monoisotopic (exact) mass is 454 g/mol. The summed E-state index contributed by atoms with van der Waals surface area (Å²) in [6, 6.07) is 15.0. The number of carbonyl (C=O) groups is 3. The summed E-state index contributed by atoms with van der Waals surface area (Å²) in [6.45, 7) is 4.68. The molecule has 0 radical (unpaired) electrons. The standard InChI is InChI=1S/C25H30N2O6/c1-25(2,3)33-24(31)27-21(22(29)12-13-28)14-26-23(30)32-15-20-18-10-6-4-8-16(18)17-9-5-7-11-19(17)20/h4-11,20-21,28H,12-15H2,1-3H3,(H,26,30)(H,27,31). The van der Waals surface area contributed by atoms with Crippen molar-refractivity contribution in [1.82, 2.24) is 10.6 Å². The fraction of sp³-hybridized carbons (Fsp3) is 0.400. The van der Waals surface area contributed by atoms with E-state index in [0.29, 0.717) is 0 Å². The maximum absolute atomic E-state index is 12.4. The number of rotatable bonds is 8. The van der Waals surface area contributed by atoms with Crippen molar-refractivity contribution in [3.05, 3.63) is 59.7 Å². The number of amides is 2. The summed E-state index contributed by atoms with van der Waals surface area (Å²) in [6.07, 6.45) is -1.65. The summed E-state index contributed by atoms with van der Waals surface area (Å²) in [5, 5.41) is 14.0. The van der Waals surface area contributed by atoms with Crippen LogP contribution in [0, 0.1) is 0 Å². The van der Waals surface area contributed by atoms with Crippen LogP contribution in [-0.2, 0) is 14.3 Å². The number of hydrogen-bond acceptors (Lipinski definition) is 6. The Morgan fingerprint density at radius 3 is 2.09 bits per heavy atom. The van der Waals surface area contributed by atoms with Crippen LogP contribution >= 0.6 is 0 Å². The number of aliphatic hydroxyl groups is 1. The molecule has 176 valence electrons. The van der Waals surface area contributed by atoms with E-state index in [1.54, 1.807) is 20.8 Å². The minimum Gasteiger partial charge on any atom is -0.449 e. The number of ketones is 1. The van der Waals surface area contributed by atoms with Crippen LogP contribution in [0.3, 0.4) is 0 Å². The molecule has 1 aliphatic carbocycles. The van der Waals surface area contributed by atoms with Crippen LogP contribution in [0.25, 0.3) is 11.1 Å². The molecule has 0 saturated heterocycles. The number of Topliss-reactive ketones (excluding diaryl/α,β-unsaturated/α-hetero) is 1. The first-order chi connectivity index (χ1) is 15.7. The Morgan fingerprint density at radius 1 is 0.970 bits per heavy atom. The molecule has 3 rings (SSSR count). The molecule has 0 aromatic heterocycles. The number of alkyl carbamates (subject to hydrolysis) is 2. The molecule has 2 amide bonds. The van der Waals surface area contributed by atoms with Crippen LogP contribution in [-0.4, -0.2) is 54.5 Å². The molecule has 8 nitrogen and oxygen atoms in total. The summed E-state index contributed by atoms with van der Waals surface area (Å²) >= 11 is 0. The Kier molecular flexibility index (Phi) is 7.71. The van der Waals surface area contributed by atoms with E-state index in [2.05, 4.69) is 10.6 Å². The van der Waals surface area contributed by atoms with Crippen molar-refractivity contribution >= 4 is 18.0 Å². The fourth-order valence-electron chi connectivity index (χ4n) is 3.81. The Morgan fingerprint density at radius 2 is 1.55 bits per heavy atom. The van der Waals surface area contributed by atoms with Gasteiger partial charge in [-0.05, 0) is 43.0 Å². The Balaban J connectivity index is 1.59. The van der Waals surface area contributed by atoms with Crippen LogP contribution in [0.4, 0.5) is 9.59 Å². The van der Waals surface area contributed by atoms with Crippen LogP contribution < -0.4 is 10.6 Å². The second-order valence-electron chi connectivity index (χ2n) is 8.85. The van der Waals surface area contributed by atoms with Gasteiger partial charge >= 0.3 is 12.2 Å². The lowest BCUT2D eigenvalue weighted by Crippen LogP contribution is -2.50. The summed E-state index contributed by atoms with van der Waals surface area (Å²) in [4.78, 5) is 36.7. The third-order valence-corrected chi connectivity index (χ3v) is 5.23. The zero-order valence-corrected chi connectivity index (χ0v) is 19.1. The van der Waals surface area contributed by atoms with Crippen molar-refractivity contribution in [3.63, 3.8) is 0 Å². The summed E-state index contributed by atoms with van der Waals surface area (Å²) in [5.41, 5.74) is 3.69. The molecule has 0 bridgehead atoms. The minimum absolute atomic E-state index is 0.0881. The highest BCUT2D eigenvalue weighted by molar-refractivity contribution is 5.88. The lowest BCUT2D eigenvalue weighted by Gasteiger charge is -2.23. The topological polar surface area (TPSA) is 114 Å². The van der Waals surface area contributed by atoms with Gasteiger partial charge in [0.15, 0.2) is 5.78 Å². The zero-order chi connectivity index (χ0) is 24.0. The highest BCUT2D eigenvalue weighted by Gasteiger charge is 2.29. The van der Waals surface area contributed by atoms with E-state index >= 15 is 0 Å². The van der Waals surface area contributed by atoms with Gasteiger partial charge in [0.1, 0.15) is 18.2 Å². The zero-order valence-electron chi connectivity index (χ0n) is 19.1. The average molecular weight is 455 g/mol. The summed E-state index contributed by atoms with van der Waals surface area (Å²) in [5.74, 6) is -0.517. The molecule has 3 N–H and O–H groups in total. The summed E-state index contributed by atoms with van der Waals surface area (Å²) in [7, 11) is 0. The number of ether oxygens (including phenoxy) is 2. The van der Waals surface area contributed by atoms with Gasteiger partial charge < -0.3 is 25.2 Å². The fourth-order valence-corrected chi connectivity index (χ4v) is 3.81. The lowest BCUT2D eigenvalue weighted by molar-refractivity contribution is -0.121. The van der Waals surface area contributed by atoms with Crippen LogP contribution in [0.5, 0.6) is 0 Å². The Labute approximate surface area is 193 Å². The molecule has 1 unspecified atom stereocenters. The smallest absolute Gasteiger partial charge is 0.408 e. The highest BCUT2D eigenvalue weighted by atomic mass is 16.6. The third kappa shape index (κ3) is 6.32. The Hall–Kier alpha value is -3.39. The molecule has 1 atom stereocenters. The molecule has 2 aromatic rings. The first-order valence-corrected chi connectivity index (χ1v) is 10.9. The van der Waals surface area contributed by atoms with Crippen molar-refractivity contribution < 1.29 is 29.0 Å². The van der Waals surface area contributed by atoms with Crippen LogP contribution in [0.2, 0.25) is 0 Å². The van der Waals surface area contributed by atoms with Gasteiger partial charge in [-0.3, -0.25) is 4.79 Å². The van der Waals surface area contributed by atoms with Gasteiger partial charge in [0.25, 0.3) is 0 Å². The minimum atomic E-state index is -1.05. The quantitative estimate of drug-likeness (QED) is 0.564. The average Bonchev–Trinajstić information content (AvgIpc) is 3.08. The van der Waals surface area contributed by atoms with Crippen molar-refractivity contribution in [3.8, 4) is 11.1 Å². The molecule has 0 heterocycles. The number of fused-ring (bicyclic) bond motifs is 3. The number of benzene rings is 2. The summed E-state index contributed by atoms with van der Waals surface area (Å²) < 4.78 is 10.6. The highest BCUT2D eigenvalue weighted by Crippen LogP contribution is 2.44. The first kappa shape index (κ1) is 24.3. The van der Waals surface area contributed by atoms with Crippen LogP contribution in [0.1, 0.15) is 44.2 Å². The maximum atomic E-state index is 12.4. The van der Waals surface area contributed by atoms with Crippen molar-refractivity contribution in [2.75, 3.05) is 19.8 Å². The third-order valence-electron chi connectivity index (χ3n) is 5.23. The molecule has 0 saturated carbocycles. The number of carbonyl (C=O) groups excluding carboxylic acids is 3. The number of nitrogens with one attached hydrogen (secondary N) is 2. The molecule has 0 spiro atoms. The normalized spacial score (nSPS) is 13.5. The number of aliphatic hydroxyl groups excluding tert-OH is 1. The second kappa shape index (κ2) is 10.5. The SMILES string of the molecule is CC(C)(C)OC(=O)NC(CNC(=O)OCC1c2ccccc2-c2ccccc21)C(=O)CCO. The van der Waals surface area contributed by atoms with Gasteiger partial charge in [-0.1, -0.05) is 48.5 Å². The van der Waals surface area contributed by atoms with Crippen LogP contribution in [0.15, 0.2) is 48.5 Å². The van der Waals surface area contributed by atoms with Gasteiger partial charge in [-0.25, -0.2) is 9.59 Å². The first-order valence-electron chi connectivity index (χ1n) is 10.9. The Bertz CT molecular complexity index is 968. The van der Waals surface area contributed by atoms with E-state index in [9.17, 15) is 14.4 Å². The van der Waals surface area contributed by atoms with E-state index in [1.165, 1.54) is 0 Å². The molecule has 8 heteroatoms. The van der Waals surface area contributed by atoms with E-state index in [-0.39, 0.29) is 32.1 Å². The molecule has 0 aliphatic heterocycles. The lowest BCUT2D eigenvalue weighted by atomic mass is 9.98. The van der Waals surface area contributed by atoms with Gasteiger partial charge in [0.2, 0.25) is 0 Å². The van der Waals surface area contributed by atoms with E-state index in [0.717, 1.165) is 22.3 Å². The molecule has 0 fully saturated rings.